The molecule has 3 aliphatic heterocycles. The monoisotopic (exact) mass is 288 g/mol. The Morgan fingerprint density at radius 2 is 2.05 bits per heavy atom. The Hall–Kier alpha value is -0.170. The number of hydrogen-bond acceptors (Lipinski definition) is 4. The van der Waals surface area contributed by atoms with Crippen LogP contribution in [-0.2, 0) is 14.8 Å². The predicted molar refractivity (Wildman–Crippen MR) is 73.5 cm³/mol. The van der Waals surface area contributed by atoms with Crippen molar-refractivity contribution in [1.82, 2.24) is 9.62 Å². The molecule has 3 saturated heterocycles. The molecule has 3 atom stereocenters. The van der Waals surface area contributed by atoms with Gasteiger partial charge in [-0.05, 0) is 45.1 Å². The summed E-state index contributed by atoms with van der Waals surface area (Å²) in [6.07, 6.45) is 6.07. The summed E-state index contributed by atoms with van der Waals surface area (Å²) >= 11 is 0. The van der Waals surface area contributed by atoms with E-state index in [2.05, 4.69) is 5.32 Å². The molecule has 0 saturated carbocycles. The van der Waals surface area contributed by atoms with Crippen molar-refractivity contribution in [1.29, 1.82) is 0 Å². The van der Waals surface area contributed by atoms with Gasteiger partial charge in [0.1, 0.15) is 0 Å². The van der Waals surface area contributed by atoms with Gasteiger partial charge in [0.2, 0.25) is 10.0 Å². The molecule has 5 nitrogen and oxygen atoms in total. The summed E-state index contributed by atoms with van der Waals surface area (Å²) in [5, 5.41) is 3.46. The van der Waals surface area contributed by atoms with Gasteiger partial charge in [-0.3, -0.25) is 0 Å². The van der Waals surface area contributed by atoms with Crippen LogP contribution in [0.2, 0.25) is 0 Å². The first-order chi connectivity index (χ1) is 9.17. The minimum absolute atomic E-state index is 0.0808. The van der Waals surface area contributed by atoms with Gasteiger partial charge in [0.05, 0.1) is 11.9 Å². The summed E-state index contributed by atoms with van der Waals surface area (Å²) in [4.78, 5) is 0. The Morgan fingerprint density at radius 1 is 1.16 bits per heavy atom. The molecule has 0 aromatic heterocycles. The quantitative estimate of drug-likeness (QED) is 0.828. The Kier molecular flexibility index (Phi) is 4.12. The van der Waals surface area contributed by atoms with Gasteiger partial charge in [-0.15, -0.1) is 0 Å². The number of nitrogens with one attached hydrogen (secondary N) is 1. The lowest BCUT2D eigenvalue weighted by Gasteiger charge is -2.29. The molecule has 0 radical (unpaired) electrons. The minimum atomic E-state index is -3.16. The van der Waals surface area contributed by atoms with E-state index >= 15 is 0 Å². The first-order valence-electron chi connectivity index (χ1n) is 7.51. The topological polar surface area (TPSA) is 58.6 Å². The molecule has 0 spiro atoms. The maximum atomic E-state index is 12.6. The third-order valence-corrected chi connectivity index (χ3v) is 6.55. The highest BCUT2D eigenvalue weighted by molar-refractivity contribution is 7.89. The van der Waals surface area contributed by atoms with Crippen molar-refractivity contribution in [2.75, 3.05) is 25.4 Å². The highest BCUT2D eigenvalue weighted by Crippen LogP contribution is 2.28. The summed E-state index contributed by atoms with van der Waals surface area (Å²) in [6, 6.07) is 0.538. The molecule has 3 rings (SSSR count). The Morgan fingerprint density at radius 3 is 2.74 bits per heavy atom. The van der Waals surface area contributed by atoms with Crippen LogP contribution in [-0.4, -0.2) is 56.4 Å². The van der Waals surface area contributed by atoms with E-state index in [1.807, 2.05) is 0 Å². The second-order valence-corrected chi connectivity index (χ2v) is 7.90. The highest BCUT2D eigenvalue weighted by atomic mass is 32.2. The van der Waals surface area contributed by atoms with Gasteiger partial charge in [0, 0.05) is 25.2 Å². The second kappa shape index (κ2) is 5.68. The lowest BCUT2D eigenvalue weighted by molar-refractivity contribution is 0.126. The van der Waals surface area contributed by atoms with Crippen molar-refractivity contribution < 1.29 is 13.2 Å². The van der Waals surface area contributed by atoms with Gasteiger partial charge in [-0.2, -0.15) is 4.31 Å². The van der Waals surface area contributed by atoms with E-state index in [-0.39, 0.29) is 17.9 Å². The Labute approximate surface area is 115 Å². The van der Waals surface area contributed by atoms with Crippen molar-refractivity contribution in [3.05, 3.63) is 0 Å². The fraction of sp³-hybridized carbons (Fsp3) is 1.00. The molecule has 6 heteroatoms. The number of rotatable bonds is 4. The zero-order valence-electron chi connectivity index (χ0n) is 11.4. The van der Waals surface area contributed by atoms with Gasteiger partial charge in [0.15, 0.2) is 0 Å². The standard InChI is InChI=1S/C13H24N2O3S/c16-19(17,10-11-4-3-9-18-11)15-8-2-6-13(15)12-5-1-7-14-12/h11-14H,1-10H2. The molecule has 3 heterocycles. The van der Waals surface area contributed by atoms with Crippen LogP contribution in [0.4, 0.5) is 0 Å². The number of nitrogens with zero attached hydrogens (tertiary/aromatic N) is 1. The lowest BCUT2D eigenvalue weighted by Crippen LogP contribution is -2.48. The molecule has 0 aromatic carbocycles. The average molecular weight is 288 g/mol. The van der Waals surface area contributed by atoms with Crippen LogP contribution in [0, 0.1) is 0 Å². The zero-order chi connectivity index (χ0) is 13.3. The average Bonchev–Trinajstić information content (AvgIpc) is 3.11. The van der Waals surface area contributed by atoms with Gasteiger partial charge in [-0.25, -0.2) is 8.42 Å². The number of sulfonamides is 1. The molecule has 1 N–H and O–H groups in total. The van der Waals surface area contributed by atoms with Gasteiger partial charge < -0.3 is 10.1 Å². The first kappa shape index (κ1) is 13.8. The van der Waals surface area contributed by atoms with E-state index in [9.17, 15) is 8.42 Å². The molecule has 0 amide bonds. The minimum Gasteiger partial charge on any atom is -0.377 e. The van der Waals surface area contributed by atoms with Gasteiger partial charge in [0.25, 0.3) is 0 Å². The SMILES string of the molecule is O=S(=O)(CC1CCCO1)N1CCCC1C1CCCN1. The second-order valence-electron chi connectivity index (χ2n) is 5.94. The molecule has 19 heavy (non-hydrogen) atoms. The van der Waals surface area contributed by atoms with Crippen LogP contribution in [0.3, 0.4) is 0 Å². The molecule has 0 bridgehead atoms. The van der Waals surface area contributed by atoms with Gasteiger partial charge in [-0.1, -0.05) is 0 Å². The van der Waals surface area contributed by atoms with Crippen molar-refractivity contribution in [2.24, 2.45) is 0 Å². The fourth-order valence-corrected chi connectivity index (χ4v) is 5.66. The molecule has 0 aromatic rings. The van der Waals surface area contributed by atoms with Crippen LogP contribution >= 0.6 is 0 Å². The summed E-state index contributed by atoms with van der Waals surface area (Å²) in [5.74, 6) is 0.177. The number of ether oxygens (including phenoxy) is 1. The van der Waals surface area contributed by atoms with Crippen LogP contribution in [0.5, 0.6) is 0 Å². The Bertz CT molecular complexity index is 400. The van der Waals surface area contributed by atoms with Crippen molar-refractivity contribution in [3.63, 3.8) is 0 Å². The summed E-state index contributed by atoms with van der Waals surface area (Å²) in [7, 11) is -3.16. The molecule has 3 unspecified atom stereocenters. The predicted octanol–water partition coefficient (Wildman–Crippen LogP) is 0.712. The normalized spacial score (nSPS) is 37.2. The number of hydrogen-bond donors (Lipinski definition) is 1. The lowest BCUT2D eigenvalue weighted by atomic mass is 10.1. The Balaban J connectivity index is 1.67. The molecule has 0 aliphatic carbocycles. The summed E-state index contributed by atoms with van der Waals surface area (Å²) in [6.45, 7) is 2.44. The van der Waals surface area contributed by atoms with Crippen LogP contribution in [0.25, 0.3) is 0 Å². The third-order valence-electron chi connectivity index (χ3n) is 4.59. The largest absolute Gasteiger partial charge is 0.377 e. The maximum absolute atomic E-state index is 12.6. The van der Waals surface area contributed by atoms with E-state index in [0.717, 1.165) is 38.6 Å². The molecule has 110 valence electrons. The van der Waals surface area contributed by atoms with Crippen molar-refractivity contribution in [2.45, 2.75) is 56.7 Å². The maximum Gasteiger partial charge on any atom is 0.216 e. The van der Waals surface area contributed by atoms with E-state index < -0.39 is 10.0 Å². The van der Waals surface area contributed by atoms with Crippen molar-refractivity contribution >= 4 is 10.0 Å². The first-order valence-corrected chi connectivity index (χ1v) is 9.12. The van der Waals surface area contributed by atoms with E-state index in [1.54, 1.807) is 4.31 Å². The smallest absolute Gasteiger partial charge is 0.216 e. The molecule has 3 fully saturated rings. The molecule has 3 aliphatic rings. The van der Waals surface area contributed by atoms with E-state index in [4.69, 9.17) is 4.74 Å². The van der Waals surface area contributed by atoms with Gasteiger partial charge >= 0.3 is 0 Å². The highest BCUT2D eigenvalue weighted by Gasteiger charge is 2.40. The van der Waals surface area contributed by atoms with Crippen LogP contribution in [0.1, 0.15) is 38.5 Å². The third kappa shape index (κ3) is 2.96. The zero-order valence-corrected chi connectivity index (χ0v) is 12.2. The van der Waals surface area contributed by atoms with Crippen LogP contribution in [0.15, 0.2) is 0 Å². The molecular formula is C13H24N2O3S. The van der Waals surface area contributed by atoms with E-state index in [0.29, 0.717) is 19.2 Å². The summed E-state index contributed by atoms with van der Waals surface area (Å²) in [5.41, 5.74) is 0. The van der Waals surface area contributed by atoms with Crippen molar-refractivity contribution in [3.8, 4) is 0 Å². The fourth-order valence-electron chi connectivity index (χ4n) is 3.66. The van der Waals surface area contributed by atoms with Crippen LogP contribution < -0.4 is 5.32 Å². The summed E-state index contributed by atoms with van der Waals surface area (Å²) < 4.78 is 32.4. The van der Waals surface area contributed by atoms with E-state index in [1.165, 1.54) is 6.42 Å². The molecular weight excluding hydrogens is 264 g/mol.